The van der Waals surface area contributed by atoms with Gasteiger partial charge in [0.1, 0.15) is 18.2 Å². The predicted octanol–water partition coefficient (Wildman–Crippen LogP) is 6.25. The topological polar surface area (TPSA) is 99.6 Å². The third-order valence-corrected chi connectivity index (χ3v) is 6.12. The Hall–Kier alpha value is -3.08. The lowest BCUT2D eigenvalue weighted by Gasteiger charge is -2.12. The Kier molecular flexibility index (Phi) is 7.11. The molecule has 34 heavy (non-hydrogen) atoms. The summed E-state index contributed by atoms with van der Waals surface area (Å²) in [7, 11) is 0. The van der Waals surface area contributed by atoms with E-state index in [0.717, 1.165) is 4.47 Å². The van der Waals surface area contributed by atoms with Crippen molar-refractivity contribution in [1.29, 1.82) is 0 Å². The summed E-state index contributed by atoms with van der Waals surface area (Å²) >= 11 is 13.0. The van der Waals surface area contributed by atoms with E-state index in [-0.39, 0.29) is 17.9 Å². The molecule has 11 heteroatoms. The number of benzene rings is 3. The molecular formula is C23H15Br2ClN4O4. The minimum absolute atomic E-state index is 0.0247. The summed E-state index contributed by atoms with van der Waals surface area (Å²) in [4.78, 5) is 28.0. The molecule has 0 aliphatic rings. The smallest absolute Gasteiger partial charge is 0.282 e. The Bertz CT molecular complexity index is 1520. The van der Waals surface area contributed by atoms with Crippen LogP contribution in [0.5, 0.6) is 5.75 Å². The second kappa shape index (κ2) is 10.0. The predicted molar refractivity (Wildman–Crippen MR) is 138 cm³/mol. The van der Waals surface area contributed by atoms with Gasteiger partial charge in [0.05, 0.1) is 26.5 Å². The van der Waals surface area contributed by atoms with E-state index in [1.807, 2.05) is 6.07 Å². The summed E-state index contributed by atoms with van der Waals surface area (Å²) in [5.74, 6) is 0.832. The Balaban J connectivity index is 1.70. The highest BCUT2D eigenvalue weighted by Gasteiger charge is 2.13. The number of halogens is 3. The van der Waals surface area contributed by atoms with Gasteiger partial charge in [0, 0.05) is 27.2 Å². The van der Waals surface area contributed by atoms with E-state index in [0.29, 0.717) is 43.1 Å². The zero-order valence-electron chi connectivity index (χ0n) is 17.5. The van der Waals surface area contributed by atoms with Gasteiger partial charge in [-0.05, 0) is 58.7 Å². The van der Waals surface area contributed by atoms with Crippen molar-refractivity contribution in [2.75, 3.05) is 0 Å². The van der Waals surface area contributed by atoms with Gasteiger partial charge in [-0.1, -0.05) is 39.7 Å². The molecule has 0 unspecified atom stereocenters. The van der Waals surface area contributed by atoms with Gasteiger partial charge in [-0.25, -0.2) is 4.98 Å². The van der Waals surface area contributed by atoms with Gasteiger partial charge in [-0.3, -0.25) is 14.9 Å². The summed E-state index contributed by atoms with van der Waals surface area (Å²) in [5, 5.41) is 16.2. The molecule has 1 aromatic heterocycles. The van der Waals surface area contributed by atoms with Crippen molar-refractivity contribution in [3.8, 4) is 5.75 Å². The molecule has 0 fully saturated rings. The molecule has 0 saturated carbocycles. The average Bonchev–Trinajstić information content (AvgIpc) is 2.79. The summed E-state index contributed by atoms with van der Waals surface area (Å²) in [6.07, 6.45) is 1.46. The Morgan fingerprint density at radius 1 is 1.21 bits per heavy atom. The van der Waals surface area contributed by atoms with Crippen molar-refractivity contribution in [2.45, 2.75) is 13.5 Å². The van der Waals surface area contributed by atoms with Gasteiger partial charge in [0.15, 0.2) is 0 Å². The number of nitrogens with zero attached hydrogens (tertiary/aromatic N) is 4. The Morgan fingerprint density at radius 3 is 2.76 bits per heavy atom. The fourth-order valence-corrected chi connectivity index (χ4v) is 4.57. The zero-order chi connectivity index (χ0) is 24.4. The molecule has 0 atom stereocenters. The van der Waals surface area contributed by atoms with Crippen molar-refractivity contribution in [2.24, 2.45) is 5.10 Å². The Morgan fingerprint density at radius 2 is 2.00 bits per heavy atom. The Labute approximate surface area is 215 Å². The molecule has 0 aliphatic heterocycles. The molecule has 0 aliphatic carbocycles. The van der Waals surface area contributed by atoms with Crippen molar-refractivity contribution in [1.82, 2.24) is 9.66 Å². The SMILES string of the molecule is Cc1nc2ccc(Br)cc2c(=O)n1N=Cc1cc(Cl)cc(Br)c1OCc1cccc([N+](=O)[O-])c1. The number of nitro groups is 1. The second-order valence-corrected chi connectivity index (χ2v) is 9.41. The van der Waals surface area contributed by atoms with E-state index >= 15 is 0 Å². The highest BCUT2D eigenvalue weighted by atomic mass is 79.9. The van der Waals surface area contributed by atoms with Gasteiger partial charge >= 0.3 is 0 Å². The molecular weight excluding hydrogens is 592 g/mol. The molecule has 3 aromatic carbocycles. The van der Waals surface area contributed by atoms with E-state index in [9.17, 15) is 14.9 Å². The number of hydrogen-bond acceptors (Lipinski definition) is 6. The van der Waals surface area contributed by atoms with Crippen molar-refractivity contribution >= 4 is 66.3 Å². The number of ether oxygens (including phenoxy) is 1. The molecule has 1 heterocycles. The van der Waals surface area contributed by atoms with Gasteiger partial charge in [-0.2, -0.15) is 9.78 Å². The van der Waals surface area contributed by atoms with E-state index < -0.39 is 4.92 Å². The molecule has 4 aromatic rings. The first-order chi connectivity index (χ1) is 16.2. The van der Waals surface area contributed by atoms with Crippen molar-refractivity contribution in [3.05, 3.63) is 106 Å². The molecule has 0 radical (unpaired) electrons. The molecule has 8 nitrogen and oxygen atoms in total. The van der Waals surface area contributed by atoms with Crippen LogP contribution >= 0.6 is 43.5 Å². The van der Waals surface area contributed by atoms with Crippen molar-refractivity contribution in [3.63, 3.8) is 0 Å². The first kappa shape index (κ1) is 24.1. The van der Waals surface area contributed by atoms with Crippen LogP contribution in [0.15, 0.2) is 73.4 Å². The molecule has 0 spiro atoms. The van der Waals surface area contributed by atoms with E-state index in [1.165, 1.54) is 23.0 Å². The van der Waals surface area contributed by atoms with Crippen LogP contribution in [0, 0.1) is 17.0 Å². The zero-order valence-corrected chi connectivity index (χ0v) is 21.5. The number of aryl methyl sites for hydroxylation is 1. The molecule has 0 N–H and O–H groups in total. The number of rotatable bonds is 6. The minimum Gasteiger partial charge on any atom is -0.487 e. The fraction of sp³-hybridized carbons (Fsp3) is 0.0870. The number of nitro benzene ring substituents is 1. The summed E-state index contributed by atoms with van der Waals surface area (Å²) < 4.78 is 8.48. The minimum atomic E-state index is -0.462. The average molecular weight is 607 g/mol. The molecule has 0 bridgehead atoms. The van der Waals surface area contributed by atoms with Crippen molar-refractivity contribution < 1.29 is 9.66 Å². The van der Waals surface area contributed by atoms with Crippen LogP contribution in [-0.2, 0) is 6.61 Å². The summed E-state index contributed by atoms with van der Waals surface area (Å²) in [6, 6.07) is 14.8. The van der Waals surface area contributed by atoms with Crippen LogP contribution in [0.1, 0.15) is 17.0 Å². The summed E-state index contributed by atoms with van der Waals surface area (Å²) in [6.45, 7) is 1.76. The largest absolute Gasteiger partial charge is 0.487 e. The van der Waals surface area contributed by atoms with Crippen LogP contribution in [0.2, 0.25) is 5.02 Å². The monoisotopic (exact) mass is 604 g/mol. The number of hydrogen-bond donors (Lipinski definition) is 0. The molecule has 4 rings (SSSR count). The lowest BCUT2D eigenvalue weighted by Crippen LogP contribution is -2.20. The quantitative estimate of drug-likeness (QED) is 0.147. The lowest BCUT2D eigenvalue weighted by atomic mass is 10.2. The van der Waals surface area contributed by atoms with E-state index in [2.05, 4.69) is 41.9 Å². The third kappa shape index (κ3) is 5.19. The van der Waals surface area contributed by atoms with Gasteiger partial charge < -0.3 is 4.74 Å². The summed E-state index contributed by atoms with van der Waals surface area (Å²) in [5.41, 5.74) is 1.35. The van der Waals surface area contributed by atoms with Gasteiger partial charge in [-0.15, -0.1) is 0 Å². The van der Waals surface area contributed by atoms with Crippen LogP contribution in [0.3, 0.4) is 0 Å². The van der Waals surface area contributed by atoms with E-state index in [1.54, 1.807) is 43.3 Å². The highest BCUT2D eigenvalue weighted by molar-refractivity contribution is 9.10. The molecule has 0 saturated heterocycles. The maximum absolute atomic E-state index is 13.0. The molecule has 0 amide bonds. The van der Waals surface area contributed by atoms with E-state index in [4.69, 9.17) is 16.3 Å². The van der Waals surface area contributed by atoms with Crippen LogP contribution in [0.4, 0.5) is 5.69 Å². The maximum Gasteiger partial charge on any atom is 0.282 e. The van der Waals surface area contributed by atoms with Gasteiger partial charge in [0.2, 0.25) is 0 Å². The first-order valence-corrected chi connectivity index (χ1v) is 11.8. The normalized spacial score (nSPS) is 11.3. The number of fused-ring (bicyclic) bond motifs is 1. The van der Waals surface area contributed by atoms with Crippen LogP contribution in [0.25, 0.3) is 10.9 Å². The standard InChI is InChI=1S/C23H15Br2ClN4O4/c1-13-28-21-6-5-16(24)9-19(21)23(31)29(13)27-11-15-8-17(26)10-20(25)22(15)34-12-14-3-2-4-18(7-14)30(32)33/h2-11H,12H2,1H3. The van der Waals surface area contributed by atoms with Crippen LogP contribution in [-0.4, -0.2) is 20.8 Å². The maximum atomic E-state index is 13.0. The lowest BCUT2D eigenvalue weighted by molar-refractivity contribution is -0.384. The fourth-order valence-electron chi connectivity index (χ4n) is 3.26. The first-order valence-electron chi connectivity index (χ1n) is 9.81. The second-order valence-electron chi connectivity index (χ2n) is 7.20. The number of aromatic nitrogens is 2. The third-order valence-electron chi connectivity index (χ3n) is 4.82. The number of non-ortho nitro benzene ring substituents is 1. The highest BCUT2D eigenvalue weighted by Crippen LogP contribution is 2.33. The van der Waals surface area contributed by atoms with Crippen LogP contribution < -0.4 is 10.3 Å². The molecule has 172 valence electrons. The van der Waals surface area contributed by atoms with Gasteiger partial charge in [0.25, 0.3) is 11.2 Å².